The molecule has 0 saturated heterocycles. The van der Waals surface area contributed by atoms with Crippen molar-refractivity contribution in [2.24, 2.45) is 0 Å². The monoisotopic (exact) mass is 415 g/mol. The number of benzene rings is 2. The third kappa shape index (κ3) is 3.47. The Labute approximate surface area is 169 Å². The molecule has 0 bridgehead atoms. The number of nitrogens with one attached hydrogen (secondary N) is 1. The Morgan fingerprint density at radius 3 is 2.67 bits per heavy atom. The Bertz CT molecular complexity index is 1030. The van der Waals surface area contributed by atoms with Crippen LogP contribution in [0.25, 0.3) is 11.1 Å². The maximum Gasteiger partial charge on any atom is 0.308 e. The van der Waals surface area contributed by atoms with Crippen LogP contribution >= 0.6 is 32.4 Å². The van der Waals surface area contributed by atoms with Crippen LogP contribution in [0, 0.1) is 17.0 Å². The van der Waals surface area contributed by atoms with Crippen molar-refractivity contribution >= 4 is 43.8 Å². The van der Waals surface area contributed by atoms with Crippen LogP contribution in [-0.4, -0.2) is 4.92 Å². The number of hydrogen-bond donors (Lipinski definition) is 1. The fourth-order valence-electron chi connectivity index (χ4n) is 3.23. The first-order chi connectivity index (χ1) is 12.8. The van der Waals surface area contributed by atoms with E-state index in [1.54, 1.807) is 12.1 Å². The second kappa shape index (κ2) is 6.89. The molecule has 0 spiro atoms. The minimum absolute atomic E-state index is 0.0923. The van der Waals surface area contributed by atoms with Crippen molar-refractivity contribution in [3.8, 4) is 11.1 Å². The summed E-state index contributed by atoms with van der Waals surface area (Å²) < 4.78 is 1.31. The second-order valence-corrected chi connectivity index (χ2v) is 10.6. The van der Waals surface area contributed by atoms with Crippen LogP contribution in [0.3, 0.4) is 0 Å². The molecule has 4 nitrogen and oxygen atoms in total. The fourth-order valence-corrected chi connectivity index (χ4v) is 7.93. The smallest absolute Gasteiger partial charge is 0.308 e. The van der Waals surface area contributed by atoms with Gasteiger partial charge in [0.1, 0.15) is 4.88 Å². The van der Waals surface area contributed by atoms with Crippen molar-refractivity contribution in [1.82, 2.24) is 0 Å². The van der Waals surface area contributed by atoms with E-state index in [2.05, 4.69) is 44.3 Å². The zero-order valence-electron chi connectivity index (χ0n) is 15.2. The molecule has 2 aromatic carbocycles. The van der Waals surface area contributed by atoms with E-state index in [9.17, 15) is 10.1 Å². The summed E-state index contributed by atoms with van der Waals surface area (Å²) in [5, 5.41) is 14.5. The molecule has 0 atom stereocenters. The number of nitro benzene ring substituents is 1. The molecule has 0 fully saturated rings. The molecular weight excluding hydrogens is 396 g/mol. The Balaban J connectivity index is 1.66. The van der Waals surface area contributed by atoms with E-state index in [-0.39, 0.29) is 16.1 Å². The number of anilines is 1. The van der Waals surface area contributed by atoms with Gasteiger partial charge in [0.25, 0.3) is 9.90 Å². The lowest BCUT2D eigenvalue weighted by Crippen LogP contribution is -2.30. The number of aryl methyl sites for hydroxylation is 1. The van der Waals surface area contributed by atoms with Gasteiger partial charge < -0.3 is 5.32 Å². The first-order valence-electron chi connectivity index (χ1n) is 8.57. The van der Waals surface area contributed by atoms with Crippen LogP contribution in [-0.2, 0) is 11.3 Å². The third-order valence-corrected chi connectivity index (χ3v) is 9.04. The van der Waals surface area contributed by atoms with Crippen molar-refractivity contribution in [1.29, 1.82) is 0 Å². The van der Waals surface area contributed by atoms with Crippen LogP contribution in [0.4, 0.5) is 11.4 Å². The summed E-state index contributed by atoms with van der Waals surface area (Å²) in [4.78, 5) is 11.8. The van der Waals surface area contributed by atoms with Crippen molar-refractivity contribution in [3.05, 3.63) is 68.6 Å². The van der Waals surface area contributed by atoms with Crippen molar-refractivity contribution < 1.29 is 4.92 Å². The van der Waals surface area contributed by atoms with Gasteiger partial charge in [-0.15, -0.1) is 0 Å². The van der Waals surface area contributed by atoms with E-state index in [1.165, 1.54) is 31.5 Å². The number of thioether (sulfide) groups is 1. The standard InChI is InChI=1S/C20H19N2O2S3/c1-12-4-9-16-15(10-12)17-18(20(2,3)21-16)26-27-19(17)25-11-13-5-7-14(8-6-13)22(23)24/h4-10,21H,11H2,1-3H3/q+1. The van der Waals surface area contributed by atoms with Gasteiger partial charge in [-0.2, -0.15) is 0 Å². The summed E-state index contributed by atoms with van der Waals surface area (Å²) in [6.07, 6.45) is 0. The molecule has 27 heavy (non-hydrogen) atoms. The molecular formula is C20H19N2O2S3+. The molecule has 0 radical (unpaired) electrons. The topological polar surface area (TPSA) is 55.2 Å². The highest BCUT2D eigenvalue weighted by Crippen LogP contribution is 2.53. The zero-order chi connectivity index (χ0) is 19.2. The Morgan fingerprint density at radius 2 is 1.96 bits per heavy atom. The van der Waals surface area contributed by atoms with Crippen molar-refractivity contribution in [3.63, 3.8) is 0 Å². The molecule has 3 aromatic rings. The highest BCUT2D eigenvalue weighted by atomic mass is 32.9. The van der Waals surface area contributed by atoms with Gasteiger partial charge in [0.15, 0.2) is 10.3 Å². The minimum atomic E-state index is -0.359. The predicted octanol–water partition coefficient (Wildman–Crippen LogP) is 6.93. The molecule has 138 valence electrons. The van der Waals surface area contributed by atoms with Crippen molar-refractivity contribution in [2.45, 2.75) is 36.3 Å². The molecule has 0 amide bonds. The maximum atomic E-state index is 10.8. The van der Waals surface area contributed by atoms with Crippen LogP contribution in [0.15, 0.2) is 46.7 Å². The molecule has 1 aliphatic heterocycles. The maximum absolute atomic E-state index is 10.8. The highest BCUT2D eigenvalue weighted by molar-refractivity contribution is 8.02. The highest BCUT2D eigenvalue weighted by Gasteiger charge is 2.39. The van der Waals surface area contributed by atoms with Crippen LogP contribution in [0.2, 0.25) is 0 Å². The molecule has 2 heterocycles. The molecule has 7 heteroatoms. The van der Waals surface area contributed by atoms with E-state index in [0.29, 0.717) is 0 Å². The SMILES string of the molecule is Cc1ccc2c(c1)-c1c(s[s+]c1SCc1ccc([N+](=O)[O-])cc1)C(C)(C)N2. The average Bonchev–Trinajstić information content (AvgIpc) is 3.06. The van der Waals surface area contributed by atoms with Gasteiger partial charge in [0.2, 0.25) is 0 Å². The van der Waals surface area contributed by atoms with E-state index in [1.807, 2.05) is 44.6 Å². The van der Waals surface area contributed by atoms with E-state index in [4.69, 9.17) is 0 Å². The van der Waals surface area contributed by atoms with E-state index < -0.39 is 0 Å². The predicted molar refractivity (Wildman–Crippen MR) is 116 cm³/mol. The summed E-state index contributed by atoms with van der Waals surface area (Å²) in [5.41, 5.74) is 6.19. The number of nitro groups is 1. The average molecular weight is 416 g/mol. The van der Waals surface area contributed by atoms with Gasteiger partial charge in [0, 0.05) is 29.1 Å². The van der Waals surface area contributed by atoms with Gasteiger partial charge >= 0.3 is 10.3 Å². The third-order valence-electron chi connectivity index (χ3n) is 4.61. The normalized spacial score (nSPS) is 14.2. The van der Waals surface area contributed by atoms with Crippen LogP contribution in [0.5, 0.6) is 0 Å². The fraction of sp³-hybridized carbons (Fsp3) is 0.250. The lowest BCUT2D eigenvalue weighted by molar-refractivity contribution is -0.384. The molecule has 0 unspecified atom stereocenters. The second-order valence-electron chi connectivity index (χ2n) is 7.17. The summed E-state index contributed by atoms with van der Waals surface area (Å²) in [5.74, 6) is 0.798. The van der Waals surface area contributed by atoms with Crippen LogP contribution in [0.1, 0.15) is 29.9 Å². The quantitative estimate of drug-likeness (QED) is 0.165. The van der Waals surface area contributed by atoms with Gasteiger partial charge in [-0.1, -0.05) is 35.5 Å². The number of nitrogens with zero attached hydrogens (tertiary/aromatic N) is 1. The number of hydrogen-bond acceptors (Lipinski definition) is 5. The first-order valence-corrected chi connectivity index (χ1v) is 11.7. The largest absolute Gasteiger partial charge is 0.375 e. The minimum Gasteiger partial charge on any atom is -0.375 e. The van der Waals surface area contributed by atoms with Gasteiger partial charge in [-0.3, -0.25) is 10.1 Å². The molecule has 1 aromatic heterocycles. The summed E-state index contributed by atoms with van der Waals surface area (Å²) in [6.45, 7) is 6.57. The summed E-state index contributed by atoms with van der Waals surface area (Å²) in [7, 11) is 3.66. The van der Waals surface area contributed by atoms with E-state index >= 15 is 0 Å². The van der Waals surface area contributed by atoms with Gasteiger partial charge in [0.05, 0.1) is 16.0 Å². The van der Waals surface area contributed by atoms with E-state index in [0.717, 1.165) is 11.3 Å². The Hall–Kier alpha value is -1.96. The van der Waals surface area contributed by atoms with Crippen LogP contribution < -0.4 is 5.32 Å². The number of non-ortho nitro benzene ring substituents is 1. The lowest BCUT2D eigenvalue weighted by atomic mass is 9.89. The van der Waals surface area contributed by atoms with Crippen molar-refractivity contribution in [2.75, 3.05) is 5.32 Å². The van der Waals surface area contributed by atoms with Gasteiger partial charge in [-0.05, 0) is 38.5 Å². The molecule has 0 aliphatic carbocycles. The number of rotatable bonds is 4. The summed E-state index contributed by atoms with van der Waals surface area (Å²) >= 11 is 1.81. The zero-order valence-corrected chi connectivity index (χ0v) is 17.7. The summed E-state index contributed by atoms with van der Waals surface area (Å²) in [6, 6.07) is 13.4. The lowest BCUT2D eigenvalue weighted by Gasteiger charge is -2.32. The Kier molecular flexibility index (Phi) is 4.70. The Morgan fingerprint density at radius 1 is 1.22 bits per heavy atom. The molecule has 0 saturated carbocycles. The van der Waals surface area contributed by atoms with Gasteiger partial charge in [-0.25, -0.2) is 0 Å². The first kappa shape index (κ1) is 18.4. The molecule has 1 N–H and O–H groups in total. The molecule has 1 aliphatic rings. The number of fused-ring (bicyclic) bond motifs is 3. The molecule has 4 rings (SSSR count).